The summed E-state index contributed by atoms with van der Waals surface area (Å²) >= 11 is 2.11. The van der Waals surface area contributed by atoms with Crippen molar-refractivity contribution in [1.29, 1.82) is 0 Å². The molecule has 0 radical (unpaired) electrons. The van der Waals surface area contributed by atoms with Gasteiger partial charge in [0.05, 0.1) is 0 Å². The van der Waals surface area contributed by atoms with Gasteiger partial charge in [0.25, 0.3) is 0 Å². The highest BCUT2D eigenvalue weighted by Gasteiger charge is 2.26. The molecule has 1 rings (SSSR count). The quantitative estimate of drug-likeness (QED) is 0.676. The van der Waals surface area contributed by atoms with E-state index in [9.17, 15) is 0 Å². The lowest BCUT2D eigenvalue weighted by Gasteiger charge is -2.28. The Bertz CT molecular complexity index is 191. The molecule has 0 aromatic heterocycles. The van der Waals surface area contributed by atoms with E-state index in [2.05, 4.69) is 44.8 Å². The maximum Gasteiger partial charge on any atom is 0.0191 e. The van der Waals surface area contributed by atoms with E-state index in [0.717, 1.165) is 11.3 Å². The fraction of sp³-hybridized carbons (Fsp3) is 1.00. The fourth-order valence-electron chi connectivity index (χ4n) is 2.35. The molecule has 0 amide bonds. The Morgan fingerprint density at radius 1 is 1.31 bits per heavy atom. The van der Waals surface area contributed by atoms with Gasteiger partial charge in [0.2, 0.25) is 0 Å². The number of unbranched alkanes of at least 4 members (excludes halogenated alkanes) is 2. The molecule has 0 bridgehead atoms. The predicted octanol–water partition coefficient (Wildman–Crippen LogP) is 4.08. The Morgan fingerprint density at radius 2 is 2.06 bits per heavy atom. The molecule has 1 fully saturated rings. The van der Waals surface area contributed by atoms with Crippen LogP contribution in [0.25, 0.3) is 0 Å². The molecule has 1 saturated heterocycles. The molecule has 1 nitrogen and oxygen atoms in total. The van der Waals surface area contributed by atoms with E-state index >= 15 is 0 Å². The van der Waals surface area contributed by atoms with Crippen LogP contribution in [-0.4, -0.2) is 23.6 Å². The molecule has 1 aliphatic heterocycles. The highest BCUT2D eigenvalue weighted by molar-refractivity contribution is 8.00. The van der Waals surface area contributed by atoms with Crippen molar-refractivity contribution in [3.63, 3.8) is 0 Å². The third-order valence-corrected chi connectivity index (χ3v) is 5.00. The highest BCUT2D eigenvalue weighted by Crippen LogP contribution is 2.28. The van der Waals surface area contributed by atoms with Crippen LogP contribution >= 0.6 is 11.8 Å². The zero-order valence-electron chi connectivity index (χ0n) is 11.5. The van der Waals surface area contributed by atoms with Gasteiger partial charge in [-0.2, -0.15) is 11.8 Å². The van der Waals surface area contributed by atoms with Crippen LogP contribution in [0.5, 0.6) is 0 Å². The molecule has 16 heavy (non-hydrogen) atoms. The molecule has 0 aliphatic carbocycles. The van der Waals surface area contributed by atoms with Crippen molar-refractivity contribution in [2.75, 3.05) is 12.3 Å². The molecule has 2 unspecified atom stereocenters. The first-order valence-electron chi connectivity index (χ1n) is 6.90. The number of rotatable bonds is 7. The summed E-state index contributed by atoms with van der Waals surface area (Å²) in [6.45, 7) is 10.6. The Balaban J connectivity index is 2.18. The van der Waals surface area contributed by atoms with E-state index in [1.165, 1.54) is 44.4 Å². The predicted molar refractivity (Wildman–Crippen MR) is 76.3 cm³/mol. The number of hydrogen-bond donors (Lipinski definition) is 1. The Kier molecular flexibility index (Phi) is 6.20. The minimum atomic E-state index is 0.474. The van der Waals surface area contributed by atoms with Crippen molar-refractivity contribution < 1.29 is 0 Å². The van der Waals surface area contributed by atoms with Gasteiger partial charge in [-0.1, -0.05) is 47.0 Å². The molecular weight excluding hydrogens is 214 g/mol. The lowest BCUT2D eigenvalue weighted by Crippen LogP contribution is -2.39. The molecule has 0 aromatic carbocycles. The first-order valence-corrected chi connectivity index (χ1v) is 7.95. The summed E-state index contributed by atoms with van der Waals surface area (Å²) in [5, 5.41) is 4.59. The normalized spacial score (nSPS) is 26.2. The average molecular weight is 243 g/mol. The fourth-order valence-corrected chi connectivity index (χ4v) is 3.58. The van der Waals surface area contributed by atoms with Gasteiger partial charge in [-0.05, 0) is 24.0 Å². The lowest BCUT2D eigenvalue weighted by atomic mass is 9.86. The van der Waals surface area contributed by atoms with Crippen LogP contribution in [-0.2, 0) is 0 Å². The van der Waals surface area contributed by atoms with Crippen molar-refractivity contribution in [1.82, 2.24) is 5.32 Å². The second kappa shape index (κ2) is 6.90. The zero-order valence-corrected chi connectivity index (χ0v) is 12.3. The maximum absolute atomic E-state index is 3.78. The summed E-state index contributed by atoms with van der Waals surface area (Å²) in [4.78, 5) is 0. The third-order valence-electron chi connectivity index (χ3n) is 3.68. The molecule has 1 heterocycles. The van der Waals surface area contributed by atoms with Crippen molar-refractivity contribution >= 4 is 11.8 Å². The molecule has 0 saturated carbocycles. The molecule has 2 heteroatoms. The van der Waals surface area contributed by atoms with Crippen LogP contribution in [0, 0.1) is 5.41 Å². The van der Waals surface area contributed by atoms with Crippen molar-refractivity contribution in [2.24, 2.45) is 5.41 Å². The van der Waals surface area contributed by atoms with E-state index in [0.29, 0.717) is 5.41 Å². The van der Waals surface area contributed by atoms with Gasteiger partial charge < -0.3 is 5.32 Å². The van der Waals surface area contributed by atoms with Crippen LogP contribution < -0.4 is 5.32 Å². The molecule has 1 N–H and O–H groups in total. The first kappa shape index (κ1) is 14.4. The molecular formula is C14H29NS. The van der Waals surface area contributed by atoms with Gasteiger partial charge in [-0.15, -0.1) is 0 Å². The molecule has 96 valence electrons. The van der Waals surface area contributed by atoms with Gasteiger partial charge in [-0.25, -0.2) is 0 Å². The van der Waals surface area contributed by atoms with E-state index in [1.54, 1.807) is 0 Å². The lowest BCUT2D eigenvalue weighted by molar-refractivity contribution is 0.286. The summed E-state index contributed by atoms with van der Waals surface area (Å²) in [6.07, 6.45) is 6.83. The Hall–Kier alpha value is 0.310. The Morgan fingerprint density at radius 3 is 2.62 bits per heavy atom. The van der Waals surface area contributed by atoms with Gasteiger partial charge in [0.1, 0.15) is 0 Å². The first-order chi connectivity index (χ1) is 7.55. The SMILES string of the molecule is CCCCCC(C)(C)CNC1CCSC1C. The summed E-state index contributed by atoms with van der Waals surface area (Å²) in [6, 6.07) is 0.760. The smallest absolute Gasteiger partial charge is 0.0191 e. The largest absolute Gasteiger partial charge is 0.312 e. The zero-order chi connectivity index (χ0) is 12.0. The van der Waals surface area contributed by atoms with Crippen molar-refractivity contribution in [2.45, 2.75) is 71.1 Å². The molecule has 0 aromatic rings. The molecule has 2 atom stereocenters. The van der Waals surface area contributed by atoms with Gasteiger partial charge >= 0.3 is 0 Å². The minimum Gasteiger partial charge on any atom is -0.312 e. The van der Waals surface area contributed by atoms with Gasteiger partial charge in [0.15, 0.2) is 0 Å². The summed E-state index contributed by atoms with van der Waals surface area (Å²) < 4.78 is 0. The second-order valence-corrected chi connectivity index (χ2v) is 7.46. The van der Waals surface area contributed by atoms with E-state index in [-0.39, 0.29) is 0 Å². The Labute approximate surface area is 106 Å². The topological polar surface area (TPSA) is 12.0 Å². The minimum absolute atomic E-state index is 0.474. The average Bonchev–Trinajstić information content (AvgIpc) is 2.62. The summed E-state index contributed by atoms with van der Waals surface area (Å²) in [5.41, 5.74) is 0.474. The van der Waals surface area contributed by atoms with E-state index < -0.39 is 0 Å². The van der Waals surface area contributed by atoms with Crippen LogP contribution in [0.3, 0.4) is 0 Å². The molecule has 1 aliphatic rings. The number of hydrogen-bond acceptors (Lipinski definition) is 2. The van der Waals surface area contributed by atoms with Crippen LogP contribution in [0.2, 0.25) is 0 Å². The molecule has 0 spiro atoms. The van der Waals surface area contributed by atoms with Gasteiger partial charge in [-0.3, -0.25) is 0 Å². The second-order valence-electron chi connectivity index (χ2n) is 5.97. The van der Waals surface area contributed by atoms with Crippen LogP contribution in [0.15, 0.2) is 0 Å². The monoisotopic (exact) mass is 243 g/mol. The standard InChI is InChI=1S/C14H29NS/c1-5-6-7-9-14(3,4)11-15-13-8-10-16-12(13)2/h12-13,15H,5-11H2,1-4H3. The number of thioether (sulfide) groups is 1. The van der Waals surface area contributed by atoms with Crippen molar-refractivity contribution in [3.05, 3.63) is 0 Å². The third kappa shape index (κ3) is 5.09. The van der Waals surface area contributed by atoms with E-state index in [4.69, 9.17) is 0 Å². The van der Waals surface area contributed by atoms with Gasteiger partial charge in [0, 0.05) is 17.8 Å². The van der Waals surface area contributed by atoms with E-state index in [1.807, 2.05) is 0 Å². The summed E-state index contributed by atoms with van der Waals surface area (Å²) in [5.74, 6) is 1.34. The van der Waals surface area contributed by atoms with Crippen LogP contribution in [0.1, 0.15) is 59.8 Å². The summed E-state index contributed by atoms with van der Waals surface area (Å²) in [7, 11) is 0. The maximum atomic E-state index is 3.78. The number of nitrogens with one attached hydrogen (secondary N) is 1. The van der Waals surface area contributed by atoms with Crippen LogP contribution in [0.4, 0.5) is 0 Å². The van der Waals surface area contributed by atoms with Crippen molar-refractivity contribution in [3.8, 4) is 0 Å². The highest BCUT2D eigenvalue weighted by atomic mass is 32.2.